The molecule has 0 saturated heterocycles. The van der Waals surface area contributed by atoms with Crippen molar-refractivity contribution < 1.29 is 4.79 Å². The molecule has 0 fully saturated rings. The topological polar surface area (TPSA) is 68.7 Å². The highest BCUT2D eigenvalue weighted by atomic mass is 16.1. The van der Waals surface area contributed by atoms with Crippen molar-refractivity contribution in [1.82, 2.24) is 10.3 Å². The first kappa shape index (κ1) is 20.3. The van der Waals surface area contributed by atoms with Crippen LogP contribution in [0.4, 0.5) is 0 Å². The number of Topliss-reactive ketones (excluding diaryl/α,β-unsaturated/α-hetero) is 1. The van der Waals surface area contributed by atoms with E-state index in [1.165, 1.54) is 22.3 Å². The van der Waals surface area contributed by atoms with E-state index in [0.717, 1.165) is 39.9 Å². The first-order chi connectivity index (χ1) is 15.4. The average Bonchev–Trinajstić information content (AvgIpc) is 3.21. The lowest BCUT2D eigenvalue weighted by molar-refractivity contribution is -0.116. The van der Waals surface area contributed by atoms with Gasteiger partial charge in [-0.1, -0.05) is 29.8 Å². The molecule has 0 saturated carbocycles. The normalized spacial score (nSPS) is 20.9. The standard InChI is InChI=1S/C28H27N3O/c1-15-10-16(2)26(17(3)11-15)19-12-24-28(25(32)13-19)27(22(14-29)18(4)31-24)21-6-5-7-23-20(21)8-9-30-23/h5-11,19,27,30-31H,12-13H2,1-4H3. The number of nitriles is 1. The Kier molecular flexibility index (Phi) is 4.78. The minimum Gasteiger partial charge on any atom is -0.361 e. The number of carbonyl (C=O) groups is 1. The molecule has 0 amide bonds. The third-order valence-electron chi connectivity index (χ3n) is 7.03. The summed E-state index contributed by atoms with van der Waals surface area (Å²) in [5, 5.41) is 14.5. The Labute approximate surface area is 188 Å². The number of hydrogen-bond donors (Lipinski definition) is 2. The number of aromatic nitrogens is 1. The molecule has 160 valence electrons. The third-order valence-corrected chi connectivity index (χ3v) is 7.03. The van der Waals surface area contributed by atoms with Crippen LogP contribution < -0.4 is 5.32 Å². The van der Waals surface area contributed by atoms with Gasteiger partial charge >= 0.3 is 0 Å². The van der Waals surface area contributed by atoms with Crippen molar-refractivity contribution in [2.24, 2.45) is 0 Å². The van der Waals surface area contributed by atoms with E-state index in [0.29, 0.717) is 12.0 Å². The van der Waals surface area contributed by atoms with Gasteiger partial charge < -0.3 is 10.3 Å². The minimum atomic E-state index is -0.329. The fraction of sp³-hybridized carbons (Fsp3) is 0.286. The number of H-pyrrole nitrogens is 1. The fourth-order valence-corrected chi connectivity index (χ4v) is 5.90. The zero-order valence-electron chi connectivity index (χ0n) is 19.0. The number of ketones is 1. The van der Waals surface area contributed by atoms with Crippen LogP contribution in [0.1, 0.15) is 59.4 Å². The molecule has 1 aliphatic carbocycles. The number of aromatic amines is 1. The maximum Gasteiger partial charge on any atom is 0.162 e. The number of dihydropyridines is 1. The fourth-order valence-electron chi connectivity index (χ4n) is 5.90. The third kappa shape index (κ3) is 3.08. The van der Waals surface area contributed by atoms with Crippen molar-refractivity contribution in [3.63, 3.8) is 0 Å². The molecule has 1 aromatic heterocycles. The van der Waals surface area contributed by atoms with Crippen molar-refractivity contribution >= 4 is 16.7 Å². The van der Waals surface area contributed by atoms with Gasteiger partial charge in [-0.2, -0.15) is 5.26 Å². The maximum absolute atomic E-state index is 13.7. The maximum atomic E-state index is 13.7. The van der Waals surface area contributed by atoms with E-state index in [1.807, 2.05) is 31.3 Å². The number of fused-ring (bicyclic) bond motifs is 1. The molecule has 0 spiro atoms. The molecule has 1 aliphatic heterocycles. The zero-order valence-corrected chi connectivity index (χ0v) is 19.0. The van der Waals surface area contributed by atoms with Crippen LogP contribution >= 0.6 is 0 Å². The van der Waals surface area contributed by atoms with Crippen LogP contribution in [0.25, 0.3) is 10.9 Å². The summed E-state index contributed by atoms with van der Waals surface area (Å²) in [6, 6.07) is 14.9. The van der Waals surface area contributed by atoms with Crippen LogP contribution in [-0.4, -0.2) is 10.8 Å². The Hall–Kier alpha value is -3.58. The van der Waals surface area contributed by atoms with Crippen LogP contribution in [0.2, 0.25) is 0 Å². The molecule has 4 nitrogen and oxygen atoms in total. The first-order valence-electron chi connectivity index (χ1n) is 11.2. The van der Waals surface area contributed by atoms with Gasteiger partial charge in [0.1, 0.15) is 0 Å². The lowest BCUT2D eigenvalue weighted by Crippen LogP contribution is -2.34. The van der Waals surface area contributed by atoms with Gasteiger partial charge in [-0.05, 0) is 74.4 Å². The summed E-state index contributed by atoms with van der Waals surface area (Å²) in [7, 11) is 0. The summed E-state index contributed by atoms with van der Waals surface area (Å²) in [6.07, 6.45) is 3.17. The summed E-state index contributed by atoms with van der Waals surface area (Å²) in [4.78, 5) is 16.9. The lowest BCUT2D eigenvalue weighted by Gasteiger charge is -2.36. The number of aryl methyl sites for hydroxylation is 3. The van der Waals surface area contributed by atoms with Gasteiger partial charge in [-0.25, -0.2) is 0 Å². The number of nitrogens with one attached hydrogen (secondary N) is 2. The van der Waals surface area contributed by atoms with Gasteiger partial charge in [0.15, 0.2) is 5.78 Å². The van der Waals surface area contributed by atoms with E-state index in [1.54, 1.807) is 0 Å². The van der Waals surface area contributed by atoms with E-state index >= 15 is 0 Å². The Bertz CT molecular complexity index is 1360. The number of allylic oxidation sites excluding steroid dienone is 4. The molecule has 2 N–H and O–H groups in total. The highest BCUT2D eigenvalue weighted by molar-refractivity contribution is 6.01. The van der Waals surface area contributed by atoms with Crippen LogP contribution in [0.3, 0.4) is 0 Å². The molecule has 2 heterocycles. The molecule has 3 aromatic rings. The summed E-state index contributed by atoms with van der Waals surface area (Å²) in [5.41, 5.74) is 10.3. The molecule has 4 heteroatoms. The molecule has 2 aromatic carbocycles. The second-order valence-electron chi connectivity index (χ2n) is 9.23. The van der Waals surface area contributed by atoms with Gasteiger partial charge in [0.25, 0.3) is 0 Å². The van der Waals surface area contributed by atoms with E-state index in [9.17, 15) is 10.1 Å². The molecule has 0 radical (unpaired) electrons. The van der Waals surface area contributed by atoms with Gasteiger partial charge in [0.2, 0.25) is 0 Å². The largest absolute Gasteiger partial charge is 0.361 e. The van der Waals surface area contributed by atoms with Crippen LogP contribution in [0, 0.1) is 32.1 Å². The molecule has 32 heavy (non-hydrogen) atoms. The van der Waals surface area contributed by atoms with Crippen LogP contribution in [0.5, 0.6) is 0 Å². The van der Waals surface area contributed by atoms with Crippen molar-refractivity contribution in [2.75, 3.05) is 0 Å². The minimum absolute atomic E-state index is 0.140. The zero-order chi connectivity index (χ0) is 22.6. The highest BCUT2D eigenvalue weighted by Crippen LogP contribution is 2.47. The molecule has 0 bridgehead atoms. The molecule has 2 aliphatic rings. The van der Waals surface area contributed by atoms with Gasteiger partial charge in [-0.3, -0.25) is 4.79 Å². The molecule has 2 atom stereocenters. The average molecular weight is 422 g/mol. The van der Waals surface area contributed by atoms with Crippen molar-refractivity contribution in [1.29, 1.82) is 5.26 Å². The second-order valence-corrected chi connectivity index (χ2v) is 9.23. The van der Waals surface area contributed by atoms with Crippen LogP contribution in [0.15, 0.2) is 65.1 Å². The quantitative estimate of drug-likeness (QED) is 0.535. The van der Waals surface area contributed by atoms with Gasteiger partial charge in [-0.15, -0.1) is 0 Å². The SMILES string of the molecule is CC1=C(C#N)C(c2cccc3[nH]ccc23)C2=C(CC(c3c(C)cc(C)cc3C)CC2=O)N1. The predicted molar refractivity (Wildman–Crippen MR) is 127 cm³/mol. The predicted octanol–water partition coefficient (Wildman–Crippen LogP) is 5.98. The van der Waals surface area contributed by atoms with Crippen molar-refractivity contribution in [3.8, 4) is 6.07 Å². The number of benzene rings is 2. The van der Waals surface area contributed by atoms with Crippen molar-refractivity contribution in [2.45, 2.75) is 52.4 Å². The Balaban J connectivity index is 1.65. The number of rotatable bonds is 2. The Morgan fingerprint density at radius 2 is 1.78 bits per heavy atom. The van der Waals surface area contributed by atoms with Gasteiger partial charge in [0.05, 0.1) is 17.6 Å². The molecule has 2 unspecified atom stereocenters. The molecular weight excluding hydrogens is 394 g/mol. The summed E-state index contributed by atoms with van der Waals surface area (Å²) in [6.45, 7) is 8.35. The highest BCUT2D eigenvalue weighted by Gasteiger charge is 2.40. The molecular formula is C28H27N3O. The van der Waals surface area contributed by atoms with E-state index in [4.69, 9.17) is 0 Å². The van der Waals surface area contributed by atoms with Crippen molar-refractivity contribution in [3.05, 3.63) is 93.0 Å². The lowest BCUT2D eigenvalue weighted by atomic mass is 9.70. The number of carbonyl (C=O) groups excluding carboxylic acids is 1. The smallest absolute Gasteiger partial charge is 0.162 e. The van der Waals surface area contributed by atoms with E-state index < -0.39 is 0 Å². The number of nitrogens with zero attached hydrogens (tertiary/aromatic N) is 1. The second kappa shape index (κ2) is 7.53. The van der Waals surface area contributed by atoms with E-state index in [2.05, 4.69) is 55.3 Å². The Morgan fingerprint density at radius 1 is 1.03 bits per heavy atom. The van der Waals surface area contributed by atoms with E-state index in [-0.39, 0.29) is 17.6 Å². The monoisotopic (exact) mass is 421 g/mol. The summed E-state index contributed by atoms with van der Waals surface area (Å²) >= 11 is 0. The summed E-state index contributed by atoms with van der Waals surface area (Å²) < 4.78 is 0. The Morgan fingerprint density at radius 3 is 2.50 bits per heavy atom. The van der Waals surface area contributed by atoms with Crippen LogP contribution in [-0.2, 0) is 4.79 Å². The van der Waals surface area contributed by atoms with Gasteiger partial charge in [0, 0.05) is 40.5 Å². The first-order valence-corrected chi connectivity index (χ1v) is 11.2. The summed E-state index contributed by atoms with van der Waals surface area (Å²) in [5.74, 6) is -0.0418. The number of hydrogen-bond acceptors (Lipinski definition) is 3. The molecule has 5 rings (SSSR count).